The number of hydrogen-bond donors (Lipinski definition) is 1. The van der Waals surface area contributed by atoms with Crippen molar-refractivity contribution in [3.63, 3.8) is 0 Å². The number of aromatic nitrogens is 2. The molecular weight excluding hydrogens is 216 g/mol. The smallest absolute Gasteiger partial charge is 0.130 e. The highest BCUT2D eigenvalue weighted by Gasteiger charge is 2.00. The van der Waals surface area contributed by atoms with Gasteiger partial charge in [0.1, 0.15) is 10.5 Å². The lowest BCUT2D eigenvalue weighted by atomic mass is 10.1. The zero-order valence-corrected chi connectivity index (χ0v) is 10.3. The van der Waals surface area contributed by atoms with Crippen LogP contribution in [0.3, 0.4) is 0 Å². The van der Waals surface area contributed by atoms with Crippen molar-refractivity contribution in [2.75, 3.05) is 0 Å². The van der Waals surface area contributed by atoms with E-state index in [4.69, 9.17) is 12.2 Å². The second kappa shape index (κ2) is 4.58. The Morgan fingerprint density at radius 2 is 1.94 bits per heavy atom. The molecule has 2 aromatic rings. The molecule has 1 N–H and O–H groups in total. The van der Waals surface area contributed by atoms with Crippen LogP contribution in [0.25, 0.3) is 11.3 Å². The van der Waals surface area contributed by atoms with Gasteiger partial charge >= 0.3 is 0 Å². The predicted molar refractivity (Wildman–Crippen MR) is 69.0 cm³/mol. The molecule has 1 heterocycles. The summed E-state index contributed by atoms with van der Waals surface area (Å²) in [5, 5.41) is 0. The molecule has 2 rings (SSSR count). The fourth-order valence-corrected chi connectivity index (χ4v) is 1.79. The van der Waals surface area contributed by atoms with Crippen LogP contribution in [0.5, 0.6) is 0 Å². The molecule has 82 valence electrons. The molecule has 3 heteroatoms. The van der Waals surface area contributed by atoms with Gasteiger partial charge in [0.2, 0.25) is 0 Å². The van der Waals surface area contributed by atoms with Gasteiger partial charge < -0.3 is 4.98 Å². The highest BCUT2D eigenvalue weighted by Crippen LogP contribution is 2.17. The molecule has 0 saturated heterocycles. The molecule has 0 unspecified atom stereocenters. The maximum Gasteiger partial charge on any atom is 0.130 e. The lowest BCUT2D eigenvalue weighted by molar-refractivity contribution is 0.936. The normalized spacial score (nSPS) is 10.4. The predicted octanol–water partition coefficient (Wildman–Crippen LogP) is 3.68. The van der Waals surface area contributed by atoms with E-state index in [1.54, 1.807) is 0 Å². The van der Waals surface area contributed by atoms with Crippen molar-refractivity contribution in [3.8, 4) is 11.3 Å². The number of hydrogen-bond acceptors (Lipinski definition) is 2. The van der Waals surface area contributed by atoms with E-state index in [1.807, 2.05) is 6.07 Å². The maximum atomic E-state index is 5.15. The quantitative estimate of drug-likeness (QED) is 0.797. The van der Waals surface area contributed by atoms with Gasteiger partial charge in [-0.05, 0) is 18.6 Å². The van der Waals surface area contributed by atoms with Crippen LogP contribution in [-0.4, -0.2) is 9.97 Å². The summed E-state index contributed by atoms with van der Waals surface area (Å²) in [4.78, 5) is 7.55. The minimum absolute atomic E-state index is 0.645. The summed E-state index contributed by atoms with van der Waals surface area (Å²) in [5.41, 5.74) is 3.44. The summed E-state index contributed by atoms with van der Waals surface area (Å²) in [6, 6.07) is 10.3. The summed E-state index contributed by atoms with van der Waals surface area (Å²) in [7, 11) is 0. The minimum atomic E-state index is 0.645. The Labute approximate surface area is 100 Å². The van der Waals surface area contributed by atoms with Crippen LogP contribution < -0.4 is 0 Å². The molecule has 0 aliphatic rings. The molecule has 2 nitrogen and oxygen atoms in total. The highest BCUT2D eigenvalue weighted by molar-refractivity contribution is 7.71. The number of rotatable bonds is 2. The Morgan fingerprint density at radius 1 is 1.25 bits per heavy atom. The Bertz CT molecular complexity index is 541. The molecular formula is C13H14N2S. The summed E-state index contributed by atoms with van der Waals surface area (Å²) < 4.78 is 0.645. The average molecular weight is 230 g/mol. The summed E-state index contributed by atoms with van der Waals surface area (Å²) >= 11 is 5.15. The van der Waals surface area contributed by atoms with Crippen molar-refractivity contribution in [2.24, 2.45) is 0 Å². The van der Waals surface area contributed by atoms with Gasteiger partial charge in [-0.15, -0.1) is 0 Å². The van der Waals surface area contributed by atoms with E-state index in [0.29, 0.717) is 4.64 Å². The first-order valence-corrected chi connectivity index (χ1v) is 5.77. The third-order valence-electron chi connectivity index (χ3n) is 2.49. The SMILES string of the molecule is CCc1nc(=S)cc(-c2ccc(C)cc2)[nH]1. The van der Waals surface area contributed by atoms with Crippen LogP contribution in [0.2, 0.25) is 0 Å². The first-order valence-electron chi connectivity index (χ1n) is 5.36. The molecule has 1 aromatic heterocycles. The first kappa shape index (κ1) is 11.0. The average Bonchev–Trinajstić information content (AvgIpc) is 2.29. The fraction of sp³-hybridized carbons (Fsp3) is 0.231. The molecule has 0 radical (unpaired) electrons. The summed E-state index contributed by atoms with van der Waals surface area (Å²) in [6.45, 7) is 4.14. The van der Waals surface area contributed by atoms with E-state index in [2.05, 4.69) is 48.1 Å². The zero-order chi connectivity index (χ0) is 11.5. The van der Waals surface area contributed by atoms with Crippen LogP contribution in [0.15, 0.2) is 30.3 Å². The first-order chi connectivity index (χ1) is 7.69. The Balaban J connectivity index is 2.51. The van der Waals surface area contributed by atoms with E-state index >= 15 is 0 Å². The van der Waals surface area contributed by atoms with Gasteiger partial charge in [-0.3, -0.25) is 0 Å². The molecule has 0 spiro atoms. The van der Waals surface area contributed by atoms with E-state index < -0.39 is 0 Å². The van der Waals surface area contributed by atoms with Gasteiger partial charge in [0.15, 0.2) is 0 Å². The van der Waals surface area contributed by atoms with Gasteiger partial charge in [0.05, 0.1) is 0 Å². The topological polar surface area (TPSA) is 28.7 Å². The van der Waals surface area contributed by atoms with Crippen LogP contribution in [0.1, 0.15) is 18.3 Å². The molecule has 1 aromatic carbocycles. The van der Waals surface area contributed by atoms with Crippen molar-refractivity contribution >= 4 is 12.2 Å². The van der Waals surface area contributed by atoms with Crippen molar-refractivity contribution in [2.45, 2.75) is 20.3 Å². The maximum absolute atomic E-state index is 5.15. The second-order valence-corrected chi connectivity index (χ2v) is 4.22. The van der Waals surface area contributed by atoms with Crippen LogP contribution in [0.4, 0.5) is 0 Å². The van der Waals surface area contributed by atoms with E-state index in [9.17, 15) is 0 Å². The highest BCUT2D eigenvalue weighted by atomic mass is 32.1. The van der Waals surface area contributed by atoms with Crippen LogP contribution in [-0.2, 0) is 6.42 Å². The third kappa shape index (κ3) is 2.36. The van der Waals surface area contributed by atoms with E-state index in [0.717, 1.165) is 23.5 Å². The van der Waals surface area contributed by atoms with Gasteiger partial charge in [0.25, 0.3) is 0 Å². The molecule has 0 amide bonds. The van der Waals surface area contributed by atoms with Gasteiger partial charge in [-0.1, -0.05) is 49.0 Å². The van der Waals surface area contributed by atoms with E-state index in [1.165, 1.54) is 5.56 Å². The largest absolute Gasteiger partial charge is 0.343 e. The summed E-state index contributed by atoms with van der Waals surface area (Å²) in [5.74, 6) is 0.933. The fourth-order valence-electron chi connectivity index (χ4n) is 1.56. The Kier molecular flexibility index (Phi) is 3.15. The van der Waals surface area contributed by atoms with Crippen molar-refractivity contribution in [1.29, 1.82) is 0 Å². The molecule has 0 atom stereocenters. The van der Waals surface area contributed by atoms with Crippen molar-refractivity contribution in [3.05, 3.63) is 46.4 Å². The number of aryl methyl sites for hydroxylation is 2. The third-order valence-corrected chi connectivity index (χ3v) is 2.70. The van der Waals surface area contributed by atoms with Gasteiger partial charge in [0, 0.05) is 12.1 Å². The Morgan fingerprint density at radius 3 is 2.56 bits per heavy atom. The molecule has 0 aliphatic carbocycles. The number of nitrogens with one attached hydrogen (secondary N) is 1. The van der Waals surface area contributed by atoms with E-state index in [-0.39, 0.29) is 0 Å². The molecule has 0 fully saturated rings. The molecule has 16 heavy (non-hydrogen) atoms. The van der Waals surface area contributed by atoms with Crippen LogP contribution >= 0.6 is 12.2 Å². The van der Waals surface area contributed by atoms with Crippen LogP contribution in [0, 0.1) is 11.6 Å². The zero-order valence-electron chi connectivity index (χ0n) is 9.45. The standard InChI is InChI=1S/C13H14N2S/c1-3-12-14-11(8-13(16)15-12)10-6-4-9(2)5-7-10/h4-8H,3H2,1-2H3,(H,14,15,16). The second-order valence-electron chi connectivity index (χ2n) is 3.80. The monoisotopic (exact) mass is 230 g/mol. The van der Waals surface area contributed by atoms with Gasteiger partial charge in [-0.25, -0.2) is 4.98 Å². The number of H-pyrrole nitrogens is 1. The molecule has 0 saturated carbocycles. The molecule has 0 bridgehead atoms. The molecule has 0 aliphatic heterocycles. The number of nitrogens with zero attached hydrogens (tertiary/aromatic N) is 1. The van der Waals surface area contributed by atoms with Gasteiger partial charge in [-0.2, -0.15) is 0 Å². The number of benzene rings is 1. The lowest BCUT2D eigenvalue weighted by Crippen LogP contribution is -1.95. The Hall–Kier alpha value is -1.48. The minimum Gasteiger partial charge on any atom is -0.343 e. The van der Waals surface area contributed by atoms with Crippen molar-refractivity contribution < 1.29 is 0 Å². The number of aromatic amines is 1. The summed E-state index contributed by atoms with van der Waals surface area (Å²) in [6.07, 6.45) is 0.864. The van der Waals surface area contributed by atoms with Crippen molar-refractivity contribution in [1.82, 2.24) is 9.97 Å². The lowest BCUT2D eigenvalue weighted by Gasteiger charge is -2.05.